The molecule has 0 bridgehead atoms. The number of hydrogen-bond acceptors (Lipinski definition) is 3. The van der Waals surface area contributed by atoms with Crippen molar-refractivity contribution in [1.29, 1.82) is 0 Å². The number of carboxylic acids is 1. The largest absolute Gasteiger partial charge is 0.481 e. The van der Waals surface area contributed by atoms with Crippen molar-refractivity contribution in [3.63, 3.8) is 0 Å². The monoisotopic (exact) mass is 322 g/mol. The van der Waals surface area contributed by atoms with E-state index in [4.69, 9.17) is 9.84 Å². The summed E-state index contributed by atoms with van der Waals surface area (Å²) in [5, 5.41) is 18.4. The lowest BCUT2D eigenvalue weighted by Gasteiger charge is -2.20. The van der Waals surface area contributed by atoms with E-state index in [2.05, 4.69) is 13.8 Å². The normalized spacial score (nSPS) is 13.9. The summed E-state index contributed by atoms with van der Waals surface area (Å²) in [6.07, 6.45) is 3.43. The van der Waals surface area contributed by atoms with Gasteiger partial charge in [-0.3, -0.25) is 4.79 Å². The first kappa shape index (κ1) is 19.7. The summed E-state index contributed by atoms with van der Waals surface area (Å²) in [7, 11) is 0. The second-order valence-corrected chi connectivity index (χ2v) is 6.57. The molecule has 0 unspecified atom stereocenters. The van der Waals surface area contributed by atoms with E-state index in [0.29, 0.717) is 25.4 Å². The molecule has 23 heavy (non-hydrogen) atoms. The van der Waals surface area contributed by atoms with E-state index in [9.17, 15) is 9.90 Å². The second-order valence-electron chi connectivity index (χ2n) is 6.57. The van der Waals surface area contributed by atoms with Crippen LogP contribution in [0.1, 0.15) is 57.9 Å². The molecule has 0 saturated carbocycles. The van der Waals surface area contributed by atoms with Gasteiger partial charge in [-0.25, -0.2) is 0 Å². The Balaban J connectivity index is 2.42. The van der Waals surface area contributed by atoms with Crippen LogP contribution in [-0.4, -0.2) is 28.4 Å². The molecule has 0 fully saturated rings. The number of rotatable bonds is 12. The van der Waals surface area contributed by atoms with Crippen molar-refractivity contribution in [2.45, 2.75) is 71.2 Å². The lowest BCUT2D eigenvalue weighted by atomic mass is 10.00. The fourth-order valence-electron chi connectivity index (χ4n) is 2.53. The Labute approximate surface area is 139 Å². The van der Waals surface area contributed by atoms with Gasteiger partial charge in [0.1, 0.15) is 0 Å². The summed E-state index contributed by atoms with van der Waals surface area (Å²) in [4.78, 5) is 10.6. The summed E-state index contributed by atoms with van der Waals surface area (Å²) in [6.45, 7) is 4.97. The number of hydrogen-bond donors (Lipinski definition) is 2. The van der Waals surface area contributed by atoms with Crippen LogP contribution in [0, 0.1) is 5.92 Å². The lowest BCUT2D eigenvalue weighted by Crippen LogP contribution is -2.19. The summed E-state index contributed by atoms with van der Waals surface area (Å²) in [5.41, 5.74) is 1.13. The van der Waals surface area contributed by atoms with Crippen molar-refractivity contribution >= 4 is 5.97 Å². The van der Waals surface area contributed by atoms with E-state index in [1.54, 1.807) is 0 Å². The predicted molar refractivity (Wildman–Crippen MR) is 91.2 cm³/mol. The molecule has 0 aromatic heterocycles. The zero-order chi connectivity index (χ0) is 17.1. The van der Waals surface area contributed by atoms with Gasteiger partial charge in [0.05, 0.1) is 25.2 Å². The van der Waals surface area contributed by atoms with Crippen molar-refractivity contribution in [2.24, 2.45) is 5.92 Å². The first-order valence-corrected chi connectivity index (χ1v) is 8.52. The first-order chi connectivity index (χ1) is 11.0. The van der Waals surface area contributed by atoms with Crippen LogP contribution in [0.5, 0.6) is 0 Å². The molecule has 1 aromatic carbocycles. The fourth-order valence-corrected chi connectivity index (χ4v) is 2.53. The SMILES string of the molecule is CC(C)CCC[C@H](CC[C@H](O)CC(=O)O)OCc1ccccc1. The van der Waals surface area contributed by atoms with E-state index >= 15 is 0 Å². The molecule has 0 aliphatic heterocycles. The highest BCUT2D eigenvalue weighted by atomic mass is 16.5. The van der Waals surface area contributed by atoms with Gasteiger partial charge in [-0.2, -0.15) is 0 Å². The molecule has 0 aliphatic rings. The van der Waals surface area contributed by atoms with Crippen LogP contribution < -0.4 is 0 Å². The highest BCUT2D eigenvalue weighted by Crippen LogP contribution is 2.18. The van der Waals surface area contributed by atoms with E-state index in [0.717, 1.165) is 24.8 Å². The zero-order valence-corrected chi connectivity index (χ0v) is 14.3. The molecular formula is C19H30O4. The van der Waals surface area contributed by atoms with Crippen molar-refractivity contribution in [3.8, 4) is 0 Å². The summed E-state index contributed by atoms with van der Waals surface area (Å²) in [6, 6.07) is 10.0. The molecule has 0 spiro atoms. The maximum Gasteiger partial charge on any atom is 0.305 e. The maximum absolute atomic E-state index is 10.6. The number of aliphatic carboxylic acids is 1. The van der Waals surface area contributed by atoms with Crippen LogP contribution in [0.4, 0.5) is 0 Å². The first-order valence-electron chi connectivity index (χ1n) is 8.52. The highest BCUT2D eigenvalue weighted by molar-refractivity contribution is 5.67. The molecule has 2 N–H and O–H groups in total. The number of ether oxygens (including phenoxy) is 1. The van der Waals surface area contributed by atoms with E-state index in [1.165, 1.54) is 0 Å². The van der Waals surface area contributed by atoms with Crippen LogP contribution in [0.15, 0.2) is 30.3 Å². The number of benzene rings is 1. The number of aliphatic hydroxyl groups is 1. The van der Waals surface area contributed by atoms with Gasteiger partial charge in [0, 0.05) is 0 Å². The summed E-state index contributed by atoms with van der Waals surface area (Å²) in [5.74, 6) is -0.290. The summed E-state index contributed by atoms with van der Waals surface area (Å²) >= 11 is 0. The van der Waals surface area contributed by atoms with E-state index < -0.39 is 12.1 Å². The van der Waals surface area contributed by atoms with Crippen molar-refractivity contribution in [3.05, 3.63) is 35.9 Å². The minimum absolute atomic E-state index is 0.0670. The molecule has 0 heterocycles. The van der Waals surface area contributed by atoms with Crippen molar-refractivity contribution in [2.75, 3.05) is 0 Å². The van der Waals surface area contributed by atoms with Crippen LogP contribution in [-0.2, 0) is 16.1 Å². The molecule has 130 valence electrons. The smallest absolute Gasteiger partial charge is 0.305 e. The summed E-state index contributed by atoms with van der Waals surface area (Å²) < 4.78 is 6.01. The number of aliphatic hydroxyl groups excluding tert-OH is 1. The third-order valence-corrected chi connectivity index (χ3v) is 3.87. The molecule has 0 amide bonds. The lowest BCUT2D eigenvalue weighted by molar-refractivity contribution is -0.139. The predicted octanol–water partition coefficient (Wildman–Crippen LogP) is 4.01. The van der Waals surface area contributed by atoms with Gasteiger partial charge in [0.2, 0.25) is 0 Å². The Bertz CT molecular complexity index is 430. The van der Waals surface area contributed by atoms with Gasteiger partial charge in [0.25, 0.3) is 0 Å². The zero-order valence-electron chi connectivity index (χ0n) is 14.3. The molecule has 0 saturated heterocycles. The van der Waals surface area contributed by atoms with Crippen LogP contribution >= 0.6 is 0 Å². The second kappa shape index (κ2) is 11.2. The molecule has 0 radical (unpaired) electrons. The topological polar surface area (TPSA) is 66.8 Å². The molecule has 2 atom stereocenters. The van der Waals surface area contributed by atoms with Gasteiger partial charge < -0.3 is 14.9 Å². The van der Waals surface area contributed by atoms with Crippen LogP contribution in [0.25, 0.3) is 0 Å². The minimum atomic E-state index is -0.959. The van der Waals surface area contributed by atoms with Gasteiger partial charge in [-0.15, -0.1) is 0 Å². The Morgan fingerprint density at radius 3 is 2.39 bits per heavy atom. The Morgan fingerprint density at radius 1 is 1.09 bits per heavy atom. The van der Waals surface area contributed by atoms with Gasteiger partial charge in [-0.05, 0) is 30.7 Å². The Kier molecular flexibility index (Phi) is 9.57. The molecular weight excluding hydrogens is 292 g/mol. The fraction of sp³-hybridized carbons (Fsp3) is 0.632. The number of carbonyl (C=O) groups is 1. The standard InChI is InChI=1S/C19H30O4/c1-15(2)7-6-10-18(12-11-17(20)13-19(21)22)23-14-16-8-4-3-5-9-16/h3-5,8-9,15,17-18,20H,6-7,10-14H2,1-2H3,(H,21,22)/t17-,18+/m0/s1. The van der Waals surface area contributed by atoms with Gasteiger partial charge in [-0.1, -0.05) is 57.0 Å². The van der Waals surface area contributed by atoms with Gasteiger partial charge in [0.15, 0.2) is 0 Å². The average Bonchev–Trinajstić information content (AvgIpc) is 2.49. The molecule has 4 heteroatoms. The van der Waals surface area contributed by atoms with Crippen molar-refractivity contribution < 1.29 is 19.7 Å². The Hall–Kier alpha value is -1.39. The third kappa shape index (κ3) is 10.1. The molecule has 0 aliphatic carbocycles. The molecule has 1 aromatic rings. The number of carboxylic acid groups (broad SMARTS) is 1. The van der Waals surface area contributed by atoms with E-state index in [1.807, 2.05) is 30.3 Å². The molecule has 4 nitrogen and oxygen atoms in total. The van der Waals surface area contributed by atoms with E-state index in [-0.39, 0.29) is 12.5 Å². The maximum atomic E-state index is 10.6. The van der Waals surface area contributed by atoms with Crippen LogP contribution in [0.3, 0.4) is 0 Å². The minimum Gasteiger partial charge on any atom is -0.481 e. The quantitative estimate of drug-likeness (QED) is 0.610. The molecule has 1 rings (SSSR count). The van der Waals surface area contributed by atoms with Crippen LogP contribution in [0.2, 0.25) is 0 Å². The highest BCUT2D eigenvalue weighted by Gasteiger charge is 2.15. The van der Waals surface area contributed by atoms with Crippen molar-refractivity contribution in [1.82, 2.24) is 0 Å². The Morgan fingerprint density at radius 2 is 1.78 bits per heavy atom. The van der Waals surface area contributed by atoms with Gasteiger partial charge >= 0.3 is 5.97 Å². The third-order valence-electron chi connectivity index (χ3n) is 3.87. The average molecular weight is 322 g/mol.